The van der Waals surface area contributed by atoms with E-state index >= 15 is 4.39 Å². The van der Waals surface area contributed by atoms with Crippen molar-refractivity contribution in [2.75, 3.05) is 34.0 Å². The zero-order chi connectivity index (χ0) is 40.6. The van der Waals surface area contributed by atoms with Crippen LogP contribution in [0.1, 0.15) is 31.8 Å². The largest absolute Gasteiger partial charge is 0.507 e. The maximum absolute atomic E-state index is 16.4. The number of alkyl halides is 3. The lowest BCUT2D eigenvalue weighted by atomic mass is 9.87. The van der Waals surface area contributed by atoms with Gasteiger partial charge in [0.2, 0.25) is 0 Å². The van der Waals surface area contributed by atoms with Crippen LogP contribution in [0.5, 0.6) is 23.0 Å². The van der Waals surface area contributed by atoms with Crippen LogP contribution in [-0.2, 0) is 0 Å². The molecule has 0 fully saturated rings. The van der Waals surface area contributed by atoms with Gasteiger partial charge in [0.05, 0.1) is 55.2 Å². The highest BCUT2D eigenvalue weighted by Gasteiger charge is 2.31. The van der Waals surface area contributed by atoms with Crippen molar-refractivity contribution in [3.05, 3.63) is 82.4 Å². The van der Waals surface area contributed by atoms with Crippen LogP contribution in [0.4, 0.5) is 22.0 Å². The van der Waals surface area contributed by atoms with Crippen LogP contribution in [0.2, 0.25) is 0 Å². The first-order chi connectivity index (χ1) is 26.2. The molecular weight excluding hydrogens is 735 g/mol. The van der Waals surface area contributed by atoms with E-state index in [9.17, 15) is 47.9 Å². The predicted octanol–water partition coefficient (Wildman–Crippen LogP) is 4.88. The molecule has 4 aromatic carbocycles. The fraction of sp³-hybridized carbons (Fsp3) is 0.167. The SMILES string of the molecule is COc1cc(-c2cc(C#N)c(-c3cc(F)ccc3OC)c(C(=O)NC(=N)NCC(F)F)c2O)c(F)cc1-c1c(C#N)ccc(O)c1C(=O)NC(=N)NCCF. The molecule has 0 bridgehead atoms. The summed E-state index contributed by atoms with van der Waals surface area (Å²) < 4.78 is 80.0. The maximum atomic E-state index is 16.4. The standard InChI is InChI=1S/C36H29F5N8O6/c1-54-25-6-4-18(38)10-21(25)29-17(14-43)9-20(32(51)31(29)34(53)49-36(45)47-15-27(40)41)19-12-26(55-2)22(11-23(19)39)28-16(13-42)3-5-24(50)30(28)33(52)48-35(44)46-8-7-37/h3-6,9-12,27,50-51H,7-8,15H2,1-2H3,(H3,44,46,48,52)(H3,45,47,49,53). The quantitative estimate of drug-likeness (QED) is 0.0585. The van der Waals surface area contributed by atoms with Gasteiger partial charge in [0.15, 0.2) is 11.9 Å². The number of benzene rings is 4. The van der Waals surface area contributed by atoms with Gasteiger partial charge in [0, 0.05) is 39.9 Å². The Hall–Kier alpha value is -7.41. The molecule has 0 spiro atoms. The second-order valence-corrected chi connectivity index (χ2v) is 11.1. The van der Waals surface area contributed by atoms with Gasteiger partial charge in [-0.25, -0.2) is 22.0 Å². The zero-order valence-corrected chi connectivity index (χ0v) is 28.6. The first-order valence-electron chi connectivity index (χ1n) is 15.6. The summed E-state index contributed by atoms with van der Waals surface area (Å²) in [5.74, 6) is -8.35. The van der Waals surface area contributed by atoms with Gasteiger partial charge >= 0.3 is 0 Å². The number of carbonyl (C=O) groups is 2. The van der Waals surface area contributed by atoms with Crippen LogP contribution >= 0.6 is 0 Å². The van der Waals surface area contributed by atoms with Gasteiger partial charge in [0.25, 0.3) is 18.2 Å². The number of phenols is 2. The average molecular weight is 765 g/mol. The van der Waals surface area contributed by atoms with Crippen molar-refractivity contribution in [1.82, 2.24) is 21.3 Å². The molecule has 8 N–H and O–H groups in total. The lowest BCUT2D eigenvalue weighted by molar-refractivity contribution is 0.0964. The summed E-state index contributed by atoms with van der Waals surface area (Å²) in [4.78, 5) is 27.0. The Balaban J connectivity index is 2.02. The number of nitrogens with one attached hydrogen (secondary N) is 6. The first-order valence-corrected chi connectivity index (χ1v) is 15.6. The second-order valence-electron chi connectivity index (χ2n) is 11.1. The van der Waals surface area contributed by atoms with E-state index in [1.165, 1.54) is 7.11 Å². The number of carbonyl (C=O) groups excluding carboxylic acids is 2. The molecule has 0 aromatic heterocycles. The summed E-state index contributed by atoms with van der Waals surface area (Å²) in [5.41, 5.74) is -4.62. The van der Waals surface area contributed by atoms with Crippen LogP contribution in [-0.4, -0.2) is 74.4 Å². The Morgan fingerprint density at radius 3 is 1.98 bits per heavy atom. The molecule has 19 heteroatoms. The van der Waals surface area contributed by atoms with E-state index in [-0.39, 0.29) is 40.3 Å². The number of guanidine groups is 2. The smallest absolute Gasteiger partial charge is 0.262 e. The molecule has 0 aliphatic heterocycles. The molecule has 2 amide bonds. The number of amides is 2. The molecule has 284 valence electrons. The van der Waals surface area contributed by atoms with E-state index in [0.29, 0.717) is 0 Å². The molecule has 4 rings (SSSR count). The number of halogens is 5. The fourth-order valence-electron chi connectivity index (χ4n) is 5.45. The van der Waals surface area contributed by atoms with Crippen molar-refractivity contribution in [2.45, 2.75) is 6.43 Å². The van der Waals surface area contributed by atoms with E-state index < -0.39 is 99.9 Å². The molecule has 55 heavy (non-hydrogen) atoms. The van der Waals surface area contributed by atoms with Crippen LogP contribution in [0.3, 0.4) is 0 Å². The zero-order valence-electron chi connectivity index (χ0n) is 28.6. The Labute approximate surface area is 308 Å². The number of phenolic OH excluding ortho intramolecular Hbond substituents is 2. The fourth-order valence-corrected chi connectivity index (χ4v) is 5.45. The monoisotopic (exact) mass is 764 g/mol. The minimum Gasteiger partial charge on any atom is -0.507 e. The van der Waals surface area contributed by atoms with Crippen molar-refractivity contribution in [3.63, 3.8) is 0 Å². The molecule has 4 aromatic rings. The molecule has 14 nitrogen and oxygen atoms in total. The normalized spacial score (nSPS) is 10.5. The minimum atomic E-state index is -2.93. The number of aromatic hydroxyl groups is 2. The lowest BCUT2D eigenvalue weighted by Gasteiger charge is -2.21. The van der Waals surface area contributed by atoms with Gasteiger partial charge in [-0.15, -0.1) is 0 Å². The third-order valence-corrected chi connectivity index (χ3v) is 7.76. The van der Waals surface area contributed by atoms with Crippen LogP contribution in [0.15, 0.2) is 48.5 Å². The molecular formula is C36H29F5N8O6. The Kier molecular flexibility index (Phi) is 12.8. The summed E-state index contributed by atoms with van der Waals surface area (Å²) in [7, 11) is 2.30. The minimum absolute atomic E-state index is 0.0882. The molecule has 0 saturated carbocycles. The number of hydrogen-bond acceptors (Lipinski definition) is 10. The van der Waals surface area contributed by atoms with Gasteiger partial charge in [-0.2, -0.15) is 10.5 Å². The first kappa shape index (κ1) is 40.4. The van der Waals surface area contributed by atoms with Crippen LogP contribution in [0.25, 0.3) is 33.4 Å². The molecule has 0 heterocycles. The lowest BCUT2D eigenvalue weighted by Crippen LogP contribution is -2.42. The van der Waals surface area contributed by atoms with Gasteiger partial charge in [-0.1, -0.05) is 0 Å². The van der Waals surface area contributed by atoms with Crippen molar-refractivity contribution in [3.8, 4) is 68.5 Å². The van der Waals surface area contributed by atoms with Gasteiger partial charge in [-0.05, 0) is 48.5 Å². The van der Waals surface area contributed by atoms with Crippen molar-refractivity contribution in [2.24, 2.45) is 0 Å². The summed E-state index contributed by atoms with van der Waals surface area (Å²) in [6, 6.07) is 11.4. The van der Waals surface area contributed by atoms with E-state index in [1.54, 1.807) is 6.07 Å². The number of ether oxygens (including phenoxy) is 2. The van der Waals surface area contributed by atoms with E-state index in [4.69, 9.17) is 20.3 Å². The number of rotatable bonds is 11. The van der Waals surface area contributed by atoms with Crippen molar-refractivity contribution >= 4 is 23.7 Å². The predicted molar refractivity (Wildman–Crippen MR) is 187 cm³/mol. The van der Waals surface area contributed by atoms with Gasteiger partial charge in [-0.3, -0.25) is 31.0 Å². The summed E-state index contributed by atoms with van der Waals surface area (Å²) >= 11 is 0. The van der Waals surface area contributed by atoms with Gasteiger partial charge in [0.1, 0.15) is 41.3 Å². The number of nitriles is 2. The van der Waals surface area contributed by atoms with E-state index in [0.717, 1.165) is 55.6 Å². The molecule has 0 saturated heterocycles. The van der Waals surface area contributed by atoms with Crippen LogP contribution in [0, 0.1) is 45.1 Å². The van der Waals surface area contributed by atoms with Crippen LogP contribution < -0.4 is 30.7 Å². The number of methoxy groups -OCH3 is 2. The Morgan fingerprint density at radius 2 is 1.38 bits per heavy atom. The molecule has 0 aliphatic rings. The molecule has 0 unspecified atom stereocenters. The summed E-state index contributed by atoms with van der Waals surface area (Å²) in [5, 5.41) is 66.6. The third kappa shape index (κ3) is 8.63. The summed E-state index contributed by atoms with van der Waals surface area (Å²) in [6.07, 6.45) is -2.93. The highest BCUT2D eigenvalue weighted by molar-refractivity contribution is 6.13. The highest BCUT2D eigenvalue weighted by atomic mass is 19.3. The molecule has 0 radical (unpaired) electrons. The summed E-state index contributed by atoms with van der Waals surface area (Å²) in [6.45, 7) is -2.27. The Morgan fingerprint density at radius 1 is 0.782 bits per heavy atom. The Bertz CT molecular complexity index is 2290. The number of hydrogen-bond donors (Lipinski definition) is 8. The average Bonchev–Trinajstić information content (AvgIpc) is 3.15. The van der Waals surface area contributed by atoms with E-state index in [1.807, 2.05) is 16.7 Å². The van der Waals surface area contributed by atoms with Crippen molar-refractivity contribution < 1.29 is 51.2 Å². The van der Waals surface area contributed by atoms with E-state index in [2.05, 4.69) is 10.6 Å². The van der Waals surface area contributed by atoms with Gasteiger partial charge < -0.3 is 30.3 Å². The van der Waals surface area contributed by atoms with Crippen molar-refractivity contribution in [1.29, 1.82) is 21.3 Å². The second kappa shape index (κ2) is 17.4. The maximum Gasteiger partial charge on any atom is 0.262 e. The molecule has 0 atom stereocenters. The highest BCUT2D eigenvalue weighted by Crippen LogP contribution is 2.47. The molecule has 0 aliphatic carbocycles. The number of nitrogens with zero attached hydrogens (tertiary/aromatic N) is 2. The third-order valence-electron chi connectivity index (χ3n) is 7.76. The topological polar surface area (TPSA) is 236 Å².